The zero-order chi connectivity index (χ0) is 9.26. The summed E-state index contributed by atoms with van der Waals surface area (Å²) in [7, 11) is 0. The maximum atomic E-state index is 5.73. The summed E-state index contributed by atoms with van der Waals surface area (Å²) in [5, 5.41) is 0.137. The van der Waals surface area contributed by atoms with Gasteiger partial charge in [0.2, 0.25) is 0 Å². The molecular formula is C10H10Br2O. The van der Waals surface area contributed by atoms with Crippen molar-refractivity contribution < 1.29 is 4.74 Å². The van der Waals surface area contributed by atoms with Crippen molar-refractivity contribution in [2.45, 2.75) is 22.4 Å². The molecule has 1 aromatic carbocycles. The van der Waals surface area contributed by atoms with Crippen LogP contribution in [0.1, 0.15) is 18.1 Å². The van der Waals surface area contributed by atoms with E-state index in [1.807, 2.05) is 18.2 Å². The van der Waals surface area contributed by atoms with Crippen LogP contribution in [-0.4, -0.2) is 9.84 Å². The van der Waals surface area contributed by atoms with Crippen LogP contribution in [0.2, 0.25) is 0 Å². The first-order valence-electron chi connectivity index (χ1n) is 4.26. The van der Waals surface area contributed by atoms with Gasteiger partial charge in [-0.3, -0.25) is 0 Å². The van der Waals surface area contributed by atoms with E-state index in [-0.39, 0.29) is 11.1 Å². The van der Waals surface area contributed by atoms with Crippen LogP contribution >= 0.6 is 31.9 Å². The van der Waals surface area contributed by atoms with Gasteiger partial charge in [-0.05, 0) is 12.0 Å². The lowest BCUT2D eigenvalue weighted by molar-refractivity contribution is 0.0970. The number of ether oxygens (including phenoxy) is 1. The Bertz CT molecular complexity index is 266. The number of rotatable bonds is 1. The lowest BCUT2D eigenvalue weighted by Gasteiger charge is -2.09. The molecule has 70 valence electrons. The minimum absolute atomic E-state index is 0.137. The molecule has 1 nitrogen and oxygen atoms in total. The molecule has 1 heterocycles. The zero-order valence-corrected chi connectivity index (χ0v) is 10.2. The van der Waals surface area contributed by atoms with Crippen LogP contribution in [-0.2, 0) is 4.74 Å². The van der Waals surface area contributed by atoms with Crippen molar-refractivity contribution in [2.24, 2.45) is 0 Å². The van der Waals surface area contributed by atoms with E-state index >= 15 is 0 Å². The van der Waals surface area contributed by atoms with Crippen LogP contribution in [0.15, 0.2) is 30.3 Å². The predicted molar refractivity (Wildman–Crippen MR) is 60.3 cm³/mol. The molecule has 1 fully saturated rings. The maximum absolute atomic E-state index is 5.73. The van der Waals surface area contributed by atoms with Crippen molar-refractivity contribution in [3.63, 3.8) is 0 Å². The molecule has 0 N–H and O–H groups in total. The highest BCUT2D eigenvalue weighted by molar-refractivity contribution is 9.12. The van der Waals surface area contributed by atoms with Crippen LogP contribution in [0.25, 0.3) is 0 Å². The van der Waals surface area contributed by atoms with Gasteiger partial charge in [0, 0.05) is 0 Å². The molecule has 0 spiro atoms. The van der Waals surface area contributed by atoms with Gasteiger partial charge in [-0.15, -0.1) is 0 Å². The second kappa shape index (κ2) is 4.11. The van der Waals surface area contributed by atoms with E-state index in [1.54, 1.807) is 0 Å². The molecule has 1 aliphatic rings. The molecule has 0 aromatic heterocycles. The molecular weight excluding hydrogens is 296 g/mol. The molecule has 0 aliphatic carbocycles. The lowest BCUT2D eigenvalue weighted by Crippen LogP contribution is -2.04. The molecule has 0 saturated carbocycles. The smallest absolute Gasteiger partial charge is 0.125 e. The summed E-state index contributed by atoms with van der Waals surface area (Å²) in [6, 6.07) is 10.3. The summed E-state index contributed by atoms with van der Waals surface area (Å²) >= 11 is 7.04. The molecule has 1 aliphatic heterocycles. The van der Waals surface area contributed by atoms with E-state index in [0.717, 1.165) is 6.42 Å². The Morgan fingerprint density at radius 2 is 1.85 bits per heavy atom. The van der Waals surface area contributed by atoms with Crippen molar-refractivity contribution in [3.05, 3.63) is 35.9 Å². The van der Waals surface area contributed by atoms with Crippen LogP contribution in [0.3, 0.4) is 0 Å². The second-order valence-corrected chi connectivity index (χ2v) is 5.22. The topological polar surface area (TPSA) is 9.23 Å². The second-order valence-electron chi connectivity index (χ2n) is 3.14. The first-order chi connectivity index (χ1) is 6.27. The van der Waals surface area contributed by atoms with Crippen LogP contribution in [0, 0.1) is 0 Å². The van der Waals surface area contributed by atoms with Gasteiger partial charge in [-0.1, -0.05) is 62.2 Å². The largest absolute Gasteiger partial charge is 0.358 e. The van der Waals surface area contributed by atoms with Crippen molar-refractivity contribution >= 4 is 31.9 Å². The third-order valence-corrected chi connectivity index (χ3v) is 4.61. The summed E-state index contributed by atoms with van der Waals surface area (Å²) in [4.78, 5) is 0.415. The average molecular weight is 306 g/mol. The molecule has 1 aromatic rings. The summed E-state index contributed by atoms with van der Waals surface area (Å²) in [6.07, 6.45) is 1.26. The quantitative estimate of drug-likeness (QED) is 0.720. The normalized spacial score (nSPS) is 33.5. The summed E-state index contributed by atoms with van der Waals surface area (Å²) in [5.74, 6) is 0. The minimum Gasteiger partial charge on any atom is -0.358 e. The van der Waals surface area contributed by atoms with Crippen molar-refractivity contribution in [2.75, 3.05) is 0 Å². The molecule has 2 rings (SSSR count). The van der Waals surface area contributed by atoms with Crippen LogP contribution in [0.4, 0.5) is 0 Å². The molecule has 0 unspecified atom stereocenters. The Morgan fingerprint density at radius 1 is 1.15 bits per heavy atom. The third kappa shape index (κ3) is 2.14. The van der Waals surface area contributed by atoms with Crippen molar-refractivity contribution in [1.82, 2.24) is 0 Å². The molecule has 13 heavy (non-hydrogen) atoms. The Hall–Kier alpha value is 0.140. The Kier molecular flexibility index (Phi) is 3.06. The fourth-order valence-electron chi connectivity index (χ4n) is 1.49. The number of alkyl halides is 2. The Morgan fingerprint density at radius 3 is 2.38 bits per heavy atom. The molecule has 0 bridgehead atoms. The van der Waals surface area contributed by atoms with E-state index in [0.29, 0.717) is 4.83 Å². The highest BCUT2D eigenvalue weighted by Crippen LogP contribution is 2.38. The fourth-order valence-corrected chi connectivity index (χ4v) is 2.43. The SMILES string of the molecule is Br[C@@H]1C[C@H](c2ccccc2)O[C@H]1Br. The number of halogens is 2. The van der Waals surface area contributed by atoms with E-state index in [2.05, 4.69) is 44.0 Å². The molecule has 0 amide bonds. The van der Waals surface area contributed by atoms with Gasteiger partial charge in [0.05, 0.1) is 10.9 Å². The Labute approximate surface area is 94.7 Å². The van der Waals surface area contributed by atoms with Gasteiger partial charge >= 0.3 is 0 Å². The number of benzene rings is 1. The number of hydrogen-bond donors (Lipinski definition) is 0. The van der Waals surface area contributed by atoms with E-state index in [4.69, 9.17) is 4.74 Å². The van der Waals surface area contributed by atoms with E-state index in [1.165, 1.54) is 5.56 Å². The predicted octanol–water partition coefficient (Wildman–Crippen LogP) is 3.63. The van der Waals surface area contributed by atoms with Crippen molar-refractivity contribution in [3.8, 4) is 0 Å². The molecule has 3 atom stereocenters. The van der Waals surface area contributed by atoms with Crippen LogP contribution in [0.5, 0.6) is 0 Å². The first-order valence-corrected chi connectivity index (χ1v) is 6.09. The monoisotopic (exact) mass is 304 g/mol. The maximum Gasteiger partial charge on any atom is 0.125 e. The van der Waals surface area contributed by atoms with E-state index in [9.17, 15) is 0 Å². The fraction of sp³-hybridized carbons (Fsp3) is 0.400. The van der Waals surface area contributed by atoms with Gasteiger partial charge in [-0.2, -0.15) is 0 Å². The molecule has 3 heteroatoms. The average Bonchev–Trinajstić information content (AvgIpc) is 2.49. The van der Waals surface area contributed by atoms with Gasteiger partial charge in [0.25, 0.3) is 0 Å². The summed E-state index contributed by atoms with van der Waals surface area (Å²) in [6.45, 7) is 0. The zero-order valence-electron chi connectivity index (χ0n) is 6.99. The van der Waals surface area contributed by atoms with Crippen LogP contribution < -0.4 is 0 Å². The molecule has 0 radical (unpaired) electrons. The van der Waals surface area contributed by atoms with Gasteiger partial charge in [0.1, 0.15) is 5.01 Å². The number of hydrogen-bond acceptors (Lipinski definition) is 1. The van der Waals surface area contributed by atoms with Gasteiger partial charge < -0.3 is 4.74 Å². The van der Waals surface area contributed by atoms with Gasteiger partial charge in [0.15, 0.2) is 0 Å². The summed E-state index contributed by atoms with van der Waals surface area (Å²) in [5.41, 5.74) is 1.26. The third-order valence-electron chi connectivity index (χ3n) is 2.19. The van der Waals surface area contributed by atoms with Crippen molar-refractivity contribution in [1.29, 1.82) is 0 Å². The summed E-state index contributed by atoms with van der Waals surface area (Å²) < 4.78 is 5.73. The lowest BCUT2D eigenvalue weighted by atomic mass is 10.1. The standard InChI is InChI=1S/C10H10Br2O/c11-8-6-9(13-10(8)12)7-4-2-1-3-5-7/h1-5,8-10H,6H2/t8-,9-,10-/m1/s1. The van der Waals surface area contributed by atoms with Gasteiger partial charge in [-0.25, -0.2) is 0 Å². The first kappa shape index (κ1) is 9.69. The highest BCUT2D eigenvalue weighted by atomic mass is 79.9. The highest BCUT2D eigenvalue weighted by Gasteiger charge is 2.32. The minimum atomic E-state index is 0.137. The Balaban J connectivity index is 2.12. The molecule has 1 saturated heterocycles. The van der Waals surface area contributed by atoms with E-state index < -0.39 is 0 Å².